The van der Waals surface area contributed by atoms with Gasteiger partial charge in [0.25, 0.3) is 0 Å². The fraction of sp³-hybridized carbons (Fsp3) is 0.846. The quantitative estimate of drug-likeness (QED) is 0.483. The molecule has 0 fully saturated rings. The standard InChI is InChI=1S/C13H26N2O3/c1-13(2,14)12(17)15-10-8-6-4-5-7-9-11(16)18-3/h4-10,14H2,1-3H3,(H,15,17). The highest BCUT2D eigenvalue weighted by molar-refractivity contribution is 5.84. The number of hydrogen-bond donors (Lipinski definition) is 2. The molecule has 5 heteroatoms. The van der Waals surface area contributed by atoms with Crippen molar-refractivity contribution in [3.05, 3.63) is 0 Å². The van der Waals surface area contributed by atoms with Crippen LogP contribution in [0.25, 0.3) is 0 Å². The molecular weight excluding hydrogens is 232 g/mol. The Bertz CT molecular complexity index is 259. The second-order valence-corrected chi connectivity index (χ2v) is 5.07. The van der Waals surface area contributed by atoms with Gasteiger partial charge in [-0.2, -0.15) is 0 Å². The van der Waals surface area contributed by atoms with E-state index in [1.165, 1.54) is 7.11 Å². The Kier molecular flexibility index (Phi) is 8.37. The molecule has 0 aromatic rings. The van der Waals surface area contributed by atoms with E-state index >= 15 is 0 Å². The molecule has 18 heavy (non-hydrogen) atoms. The van der Waals surface area contributed by atoms with Crippen molar-refractivity contribution in [2.75, 3.05) is 13.7 Å². The predicted octanol–water partition coefficient (Wildman–Crippen LogP) is 1.35. The van der Waals surface area contributed by atoms with Gasteiger partial charge in [0.2, 0.25) is 5.91 Å². The number of esters is 1. The molecule has 0 saturated heterocycles. The number of unbranched alkanes of at least 4 members (excludes halogenated alkanes) is 4. The number of carbonyl (C=O) groups excluding carboxylic acids is 2. The first-order chi connectivity index (χ1) is 8.38. The monoisotopic (exact) mass is 258 g/mol. The Morgan fingerprint density at radius 3 is 2.22 bits per heavy atom. The highest BCUT2D eigenvalue weighted by Gasteiger charge is 2.20. The average Bonchev–Trinajstić information content (AvgIpc) is 2.30. The maximum Gasteiger partial charge on any atom is 0.305 e. The van der Waals surface area contributed by atoms with Crippen molar-refractivity contribution in [1.82, 2.24) is 5.32 Å². The number of rotatable bonds is 9. The Hall–Kier alpha value is -1.10. The molecule has 0 aliphatic heterocycles. The summed E-state index contributed by atoms with van der Waals surface area (Å²) in [4.78, 5) is 22.3. The van der Waals surface area contributed by atoms with E-state index in [1.807, 2.05) is 0 Å². The lowest BCUT2D eigenvalue weighted by atomic mass is 10.1. The SMILES string of the molecule is COC(=O)CCCCCCCNC(=O)C(C)(C)N. The third-order valence-corrected chi connectivity index (χ3v) is 2.66. The van der Waals surface area contributed by atoms with Crippen LogP contribution in [0, 0.1) is 0 Å². The number of amides is 1. The van der Waals surface area contributed by atoms with Crippen molar-refractivity contribution in [2.45, 2.75) is 57.9 Å². The Labute approximate surface area is 109 Å². The smallest absolute Gasteiger partial charge is 0.305 e. The molecular formula is C13H26N2O3. The van der Waals surface area contributed by atoms with Gasteiger partial charge in [0.05, 0.1) is 12.6 Å². The first-order valence-corrected chi connectivity index (χ1v) is 6.52. The number of methoxy groups -OCH3 is 1. The van der Waals surface area contributed by atoms with Gasteiger partial charge in [0, 0.05) is 13.0 Å². The lowest BCUT2D eigenvalue weighted by molar-refractivity contribution is -0.140. The maximum atomic E-state index is 11.4. The molecule has 0 saturated carbocycles. The third kappa shape index (κ3) is 8.98. The van der Waals surface area contributed by atoms with E-state index in [4.69, 9.17) is 5.73 Å². The Balaban J connectivity index is 3.32. The number of ether oxygens (including phenoxy) is 1. The summed E-state index contributed by atoms with van der Waals surface area (Å²) in [6.07, 6.45) is 5.44. The minimum absolute atomic E-state index is 0.117. The highest BCUT2D eigenvalue weighted by Crippen LogP contribution is 2.05. The summed E-state index contributed by atoms with van der Waals surface area (Å²) in [5.41, 5.74) is 4.84. The van der Waals surface area contributed by atoms with Crippen LogP contribution in [-0.2, 0) is 14.3 Å². The van der Waals surface area contributed by atoms with Gasteiger partial charge in [-0.1, -0.05) is 19.3 Å². The van der Waals surface area contributed by atoms with Crippen LogP contribution >= 0.6 is 0 Å². The minimum Gasteiger partial charge on any atom is -0.469 e. The molecule has 0 unspecified atom stereocenters. The number of carbonyl (C=O) groups is 2. The summed E-state index contributed by atoms with van der Waals surface area (Å²) in [7, 11) is 1.41. The fourth-order valence-electron chi connectivity index (χ4n) is 1.46. The molecule has 0 atom stereocenters. The molecule has 0 aromatic carbocycles. The second kappa shape index (κ2) is 8.91. The van der Waals surface area contributed by atoms with Gasteiger partial charge in [-0.3, -0.25) is 9.59 Å². The number of nitrogens with two attached hydrogens (primary N) is 1. The van der Waals surface area contributed by atoms with E-state index in [0.717, 1.165) is 32.1 Å². The van der Waals surface area contributed by atoms with Gasteiger partial charge in [-0.15, -0.1) is 0 Å². The molecule has 5 nitrogen and oxygen atoms in total. The van der Waals surface area contributed by atoms with Gasteiger partial charge in [0.1, 0.15) is 0 Å². The van der Waals surface area contributed by atoms with Gasteiger partial charge >= 0.3 is 5.97 Å². The number of nitrogens with one attached hydrogen (secondary N) is 1. The summed E-state index contributed by atoms with van der Waals surface area (Å²) in [5, 5.41) is 2.80. The van der Waals surface area contributed by atoms with Crippen molar-refractivity contribution >= 4 is 11.9 Å². The molecule has 1 amide bonds. The van der Waals surface area contributed by atoms with Crippen LogP contribution in [0.5, 0.6) is 0 Å². The molecule has 0 heterocycles. The summed E-state index contributed by atoms with van der Waals surface area (Å²) in [6.45, 7) is 4.04. The lowest BCUT2D eigenvalue weighted by Crippen LogP contribution is -2.49. The zero-order valence-corrected chi connectivity index (χ0v) is 11.8. The van der Waals surface area contributed by atoms with Gasteiger partial charge in [0.15, 0.2) is 0 Å². The van der Waals surface area contributed by atoms with Crippen LogP contribution in [-0.4, -0.2) is 31.1 Å². The zero-order valence-electron chi connectivity index (χ0n) is 11.8. The summed E-state index contributed by atoms with van der Waals surface area (Å²) in [5.74, 6) is -0.263. The van der Waals surface area contributed by atoms with Gasteiger partial charge in [-0.25, -0.2) is 0 Å². The Morgan fingerprint density at radius 2 is 1.67 bits per heavy atom. The molecule has 0 rings (SSSR count). The normalized spacial score (nSPS) is 11.1. The van der Waals surface area contributed by atoms with Crippen LogP contribution in [0.1, 0.15) is 52.4 Å². The molecule has 0 aliphatic carbocycles. The largest absolute Gasteiger partial charge is 0.469 e. The van der Waals surface area contributed by atoms with E-state index in [2.05, 4.69) is 10.1 Å². The maximum absolute atomic E-state index is 11.4. The molecule has 0 spiro atoms. The van der Waals surface area contributed by atoms with E-state index in [1.54, 1.807) is 13.8 Å². The van der Waals surface area contributed by atoms with Crippen LogP contribution < -0.4 is 11.1 Å². The average molecular weight is 258 g/mol. The number of hydrogen-bond acceptors (Lipinski definition) is 4. The van der Waals surface area contributed by atoms with Crippen molar-refractivity contribution < 1.29 is 14.3 Å². The van der Waals surface area contributed by atoms with Crippen LogP contribution in [0.3, 0.4) is 0 Å². The molecule has 0 radical (unpaired) electrons. The molecule has 0 aliphatic rings. The first-order valence-electron chi connectivity index (χ1n) is 6.52. The summed E-state index contributed by atoms with van der Waals surface area (Å²) in [6, 6.07) is 0. The zero-order chi connectivity index (χ0) is 14.0. The molecule has 0 aromatic heterocycles. The van der Waals surface area contributed by atoms with E-state index in [-0.39, 0.29) is 11.9 Å². The Morgan fingerprint density at radius 1 is 1.11 bits per heavy atom. The first kappa shape index (κ1) is 16.9. The van der Waals surface area contributed by atoms with Crippen molar-refractivity contribution in [1.29, 1.82) is 0 Å². The van der Waals surface area contributed by atoms with Crippen LogP contribution in [0.4, 0.5) is 0 Å². The van der Waals surface area contributed by atoms with Gasteiger partial charge < -0.3 is 15.8 Å². The second-order valence-electron chi connectivity index (χ2n) is 5.07. The summed E-state index contributed by atoms with van der Waals surface area (Å²) < 4.78 is 4.56. The van der Waals surface area contributed by atoms with E-state index < -0.39 is 5.54 Å². The van der Waals surface area contributed by atoms with Crippen molar-refractivity contribution in [3.8, 4) is 0 Å². The minimum atomic E-state index is -0.805. The molecule has 3 N–H and O–H groups in total. The third-order valence-electron chi connectivity index (χ3n) is 2.66. The van der Waals surface area contributed by atoms with Crippen LogP contribution in [0.2, 0.25) is 0 Å². The van der Waals surface area contributed by atoms with E-state index in [0.29, 0.717) is 13.0 Å². The van der Waals surface area contributed by atoms with E-state index in [9.17, 15) is 9.59 Å². The molecule has 106 valence electrons. The van der Waals surface area contributed by atoms with Gasteiger partial charge in [-0.05, 0) is 26.7 Å². The fourth-order valence-corrected chi connectivity index (χ4v) is 1.46. The lowest BCUT2D eigenvalue weighted by Gasteiger charge is -2.17. The topological polar surface area (TPSA) is 81.4 Å². The molecule has 0 bridgehead atoms. The van der Waals surface area contributed by atoms with Crippen molar-refractivity contribution in [3.63, 3.8) is 0 Å². The van der Waals surface area contributed by atoms with Crippen LogP contribution in [0.15, 0.2) is 0 Å². The predicted molar refractivity (Wildman–Crippen MR) is 71.0 cm³/mol. The summed E-state index contributed by atoms with van der Waals surface area (Å²) >= 11 is 0. The van der Waals surface area contributed by atoms with Crippen molar-refractivity contribution in [2.24, 2.45) is 5.73 Å². The highest BCUT2D eigenvalue weighted by atomic mass is 16.5.